The van der Waals surface area contributed by atoms with Crippen molar-refractivity contribution in [2.75, 3.05) is 13.1 Å². The van der Waals surface area contributed by atoms with E-state index in [9.17, 15) is 14.4 Å². The van der Waals surface area contributed by atoms with Crippen LogP contribution in [0.15, 0.2) is 35.1 Å². The number of carbonyl (C=O) groups excluding carboxylic acids is 2. The van der Waals surface area contributed by atoms with Crippen molar-refractivity contribution < 1.29 is 9.59 Å². The van der Waals surface area contributed by atoms with Crippen molar-refractivity contribution in [1.29, 1.82) is 0 Å². The lowest BCUT2D eigenvalue weighted by Crippen LogP contribution is -2.39. The number of para-hydroxylation sites is 1. The Morgan fingerprint density at radius 1 is 1.25 bits per heavy atom. The normalized spacial score (nSPS) is 10.7. The van der Waals surface area contributed by atoms with E-state index in [2.05, 4.69) is 4.98 Å². The molecule has 0 saturated heterocycles. The number of aromatic amines is 1. The number of rotatable bonds is 8. The SMILES string of the molecule is CCCCN(CC(N)=O)C(=O)CCc1cc2ccccc2[nH]c1=O. The fourth-order valence-electron chi connectivity index (χ4n) is 2.61. The molecule has 24 heavy (non-hydrogen) atoms. The first kappa shape index (κ1) is 17.7. The van der Waals surface area contributed by atoms with Crippen LogP contribution < -0.4 is 11.3 Å². The highest BCUT2D eigenvalue weighted by Gasteiger charge is 2.16. The van der Waals surface area contributed by atoms with Crippen LogP contribution in [0.2, 0.25) is 0 Å². The summed E-state index contributed by atoms with van der Waals surface area (Å²) in [5.74, 6) is -0.683. The fraction of sp³-hybridized carbons (Fsp3) is 0.389. The molecule has 0 aliphatic carbocycles. The number of hydrogen-bond acceptors (Lipinski definition) is 3. The van der Waals surface area contributed by atoms with Crippen LogP contribution in [0.25, 0.3) is 10.9 Å². The van der Waals surface area contributed by atoms with Crippen LogP contribution in [0.3, 0.4) is 0 Å². The van der Waals surface area contributed by atoms with Gasteiger partial charge < -0.3 is 15.6 Å². The number of benzene rings is 1. The number of H-pyrrole nitrogens is 1. The van der Waals surface area contributed by atoms with Crippen LogP contribution in [0.4, 0.5) is 0 Å². The molecule has 0 fully saturated rings. The summed E-state index contributed by atoms with van der Waals surface area (Å²) >= 11 is 0. The second-order valence-electron chi connectivity index (χ2n) is 5.85. The largest absolute Gasteiger partial charge is 0.368 e. The van der Waals surface area contributed by atoms with Gasteiger partial charge in [-0.1, -0.05) is 31.5 Å². The lowest BCUT2D eigenvalue weighted by Gasteiger charge is -2.20. The Balaban J connectivity index is 2.07. The van der Waals surface area contributed by atoms with Gasteiger partial charge in [0.15, 0.2) is 0 Å². The summed E-state index contributed by atoms with van der Waals surface area (Å²) in [7, 11) is 0. The molecule has 0 radical (unpaired) electrons. The number of aromatic nitrogens is 1. The molecule has 0 bridgehead atoms. The van der Waals surface area contributed by atoms with Crippen LogP contribution in [0.5, 0.6) is 0 Å². The van der Waals surface area contributed by atoms with Gasteiger partial charge in [-0.05, 0) is 30.4 Å². The number of unbranched alkanes of at least 4 members (excludes halogenated alkanes) is 1. The van der Waals surface area contributed by atoms with Crippen molar-refractivity contribution >= 4 is 22.7 Å². The van der Waals surface area contributed by atoms with Crippen LogP contribution in [-0.4, -0.2) is 34.8 Å². The van der Waals surface area contributed by atoms with Crippen molar-refractivity contribution in [2.24, 2.45) is 5.73 Å². The monoisotopic (exact) mass is 329 g/mol. The average Bonchev–Trinajstić information content (AvgIpc) is 2.56. The molecule has 0 atom stereocenters. The zero-order chi connectivity index (χ0) is 17.5. The molecule has 1 aromatic carbocycles. The van der Waals surface area contributed by atoms with Crippen molar-refractivity contribution in [2.45, 2.75) is 32.6 Å². The molecule has 0 unspecified atom stereocenters. The fourth-order valence-corrected chi connectivity index (χ4v) is 2.61. The maximum Gasteiger partial charge on any atom is 0.251 e. The third-order valence-corrected chi connectivity index (χ3v) is 3.92. The molecule has 3 N–H and O–H groups in total. The maximum atomic E-state index is 12.3. The Bertz CT molecular complexity index is 782. The summed E-state index contributed by atoms with van der Waals surface area (Å²) in [6.45, 7) is 2.45. The number of nitrogens with two attached hydrogens (primary N) is 1. The van der Waals surface area contributed by atoms with Crippen LogP contribution >= 0.6 is 0 Å². The van der Waals surface area contributed by atoms with E-state index < -0.39 is 5.91 Å². The smallest absolute Gasteiger partial charge is 0.251 e. The first-order valence-electron chi connectivity index (χ1n) is 8.18. The molecule has 0 aliphatic heterocycles. The third kappa shape index (κ3) is 4.68. The van der Waals surface area contributed by atoms with Gasteiger partial charge >= 0.3 is 0 Å². The zero-order valence-corrected chi connectivity index (χ0v) is 13.9. The minimum atomic E-state index is -0.525. The highest BCUT2D eigenvalue weighted by Crippen LogP contribution is 2.11. The van der Waals surface area contributed by atoms with Gasteiger partial charge in [0.25, 0.3) is 5.56 Å². The number of hydrogen-bond donors (Lipinski definition) is 2. The molecule has 2 rings (SSSR count). The average molecular weight is 329 g/mol. The van der Waals surface area contributed by atoms with Crippen LogP contribution in [0.1, 0.15) is 31.7 Å². The number of nitrogens with one attached hydrogen (secondary N) is 1. The third-order valence-electron chi connectivity index (χ3n) is 3.92. The van der Waals surface area contributed by atoms with Gasteiger partial charge in [0.1, 0.15) is 0 Å². The molecular formula is C18H23N3O3. The van der Waals surface area contributed by atoms with Gasteiger partial charge in [-0.3, -0.25) is 14.4 Å². The van der Waals surface area contributed by atoms with Gasteiger partial charge in [-0.15, -0.1) is 0 Å². The van der Waals surface area contributed by atoms with Gasteiger partial charge in [0.05, 0.1) is 6.54 Å². The number of pyridine rings is 1. The van der Waals surface area contributed by atoms with Crippen molar-refractivity contribution in [1.82, 2.24) is 9.88 Å². The van der Waals surface area contributed by atoms with Gasteiger partial charge in [-0.25, -0.2) is 0 Å². The predicted octanol–water partition coefficient (Wildman–Crippen LogP) is 1.57. The Hall–Kier alpha value is -2.63. The number of aryl methyl sites for hydroxylation is 1. The molecule has 1 aromatic heterocycles. The zero-order valence-electron chi connectivity index (χ0n) is 13.9. The summed E-state index contributed by atoms with van der Waals surface area (Å²) in [6.07, 6.45) is 2.25. The molecular weight excluding hydrogens is 306 g/mol. The predicted molar refractivity (Wildman–Crippen MR) is 93.6 cm³/mol. The summed E-state index contributed by atoms with van der Waals surface area (Å²) in [6, 6.07) is 9.32. The topological polar surface area (TPSA) is 96.3 Å². The number of nitrogens with zero attached hydrogens (tertiary/aromatic N) is 1. The molecule has 0 saturated carbocycles. The van der Waals surface area contributed by atoms with Crippen LogP contribution in [0, 0.1) is 0 Å². The Morgan fingerprint density at radius 2 is 2.00 bits per heavy atom. The van der Waals surface area contributed by atoms with E-state index in [1.54, 1.807) is 0 Å². The molecule has 0 aliphatic rings. The van der Waals surface area contributed by atoms with E-state index >= 15 is 0 Å². The Kier molecular flexibility index (Phi) is 6.12. The standard InChI is InChI=1S/C18H23N3O3/c1-2-3-10-21(12-16(19)22)17(23)9-8-14-11-13-6-4-5-7-15(13)20-18(14)24/h4-7,11H,2-3,8-10,12H2,1H3,(H2,19,22)(H,20,24). The molecule has 2 amide bonds. The molecule has 0 spiro atoms. The first-order valence-corrected chi connectivity index (χ1v) is 8.18. The van der Waals surface area contributed by atoms with E-state index in [4.69, 9.17) is 5.73 Å². The Labute approximate surface area is 140 Å². The Morgan fingerprint density at radius 3 is 2.71 bits per heavy atom. The van der Waals surface area contributed by atoms with Crippen molar-refractivity contribution in [3.63, 3.8) is 0 Å². The number of fused-ring (bicyclic) bond motifs is 1. The number of carbonyl (C=O) groups is 2. The van der Waals surface area contributed by atoms with E-state index in [1.807, 2.05) is 37.3 Å². The van der Waals surface area contributed by atoms with Crippen molar-refractivity contribution in [3.8, 4) is 0 Å². The summed E-state index contributed by atoms with van der Waals surface area (Å²) in [5.41, 5.74) is 6.37. The maximum absolute atomic E-state index is 12.3. The second-order valence-corrected chi connectivity index (χ2v) is 5.85. The molecule has 1 heterocycles. The summed E-state index contributed by atoms with van der Waals surface area (Å²) in [4.78, 5) is 39.9. The molecule has 128 valence electrons. The molecule has 2 aromatic rings. The quantitative estimate of drug-likeness (QED) is 0.769. The van der Waals surface area contributed by atoms with E-state index in [-0.39, 0.29) is 24.4 Å². The van der Waals surface area contributed by atoms with Gasteiger partial charge in [0.2, 0.25) is 11.8 Å². The minimum Gasteiger partial charge on any atom is -0.368 e. The van der Waals surface area contributed by atoms with Crippen LogP contribution in [-0.2, 0) is 16.0 Å². The number of amides is 2. The lowest BCUT2D eigenvalue weighted by molar-refractivity contribution is -0.135. The second kappa shape index (κ2) is 8.29. The summed E-state index contributed by atoms with van der Waals surface area (Å²) < 4.78 is 0. The lowest BCUT2D eigenvalue weighted by atomic mass is 10.1. The van der Waals surface area contributed by atoms with Crippen molar-refractivity contribution in [3.05, 3.63) is 46.2 Å². The van der Waals surface area contributed by atoms with E-state index in [0.29, 0.717) is 18.5 Å². The van der Waals surface area contributed by atoms with E-state index in [1.165, 1.54) is 4.90 Å². The molecule has 6 heteroatoms. The van der Waals surface area contributed by atoms with E-state index in [0.717, 1.165) is 23.7 Å². The number of primary amides is 1. The first-order chi connectivity index (χ1) is 11.5. The summed E-state index contributed by atoms with van der Waals surface area (Å²) in [5, 5.41) is 0.930. The minimum absolute atomic E-state index is 0.0765. The van der Waals surface area contributed by atoms with Gasteiger partial charge in [-0.2, -0.15) is 0 Å². The highest BCUT2D eigenvalue weighted by molar-refractivity contribution is 5.84. The highest BCUT2D eigenvalue weighted by atomic mass is 16.2. The molecule has 6 nitrogen and oxygen atoms in total. The van der Waals surface area contributed by atoms with Gasteiger partial charge in [0, 0.05) is 24.0 Å².